The number of amides is 1. The molecule has 0 atom stereocenters. The van der Waals surface area contributed by atoms with Gasteiger partial charge in [-0.05, 0) is 37.0 Å². The summed E-state index contributed by atoms with van der Waals surface area (Å²) in [5.41, 5.74) is 1.34. The van der Waals surface area contributed by atoms with Crippen molar-refractivity contribution in [2.75, 3.05) is 13.6 Å². The Morgan fingerprint density at radius 3 is 2.24 bits per heavy atom. The molecule has 0 N–H and O–H groups in total. The predicted octanol–water partition coefficient (Wildman–Crippen LogP) is 4.14. The van der Waals surface area contributed by atoms with E-state index in [9.17, 15) is 4.79 Å². The molecule has 0 radical (unpaired) electrons. The maximum absolute atomic E-state index is 11.9. The number of benzene rings is 2. The number of para-hydroxylation sites is 1. The molecule has 0 saturated carbocycles. The zero-order chi connectivity index (χ0) is 14.9. The standard InChI is InChI=1S/C18H21NO2/c1-19(18(20)21-17-13-6-3-7-14-17)15-9-8-12-16-10-4-2-5-11-16/h2-7,10-11,13-14H,8-9,12,15H2,1H3. The van der Waals surface area contributed by atoms with E-state index in [1.807, 2.05) is 24.3 Å². The Balaban J connectivity index is 1.67. The molecule has 2 aromatic rings. The molecule has 0 unspecified atom stereocenters. The minimum atomic E-state index is -0.305. The van der Waals surface area contributed by atoms with E-state index in [1.54, 1.807) is 24.1 Å². The van der Waals surface area contributed by atoms with E-state index in [0.717, 1.165) is 19.3 Å². The molecule has 2 rings (SSSR count). The minimum absolute atomic E-state index is 0.305. The Morgan fingerprint density at radius 2 is 1.57 bits per heavy atom. The number of rotatable bonds is 6. The summed E-state index contributed by atoms with van der Waals surface area (Å²) in [6.07, 6.45) is 2.77. The van der Waals surface area contributed by atoms with Crippen LogP contribution in [0.3, 0.4) is 0 Å². The van der Waals surface area contributed by atoms with Crippen LogP contribution in [0.5, 0.6) is 5.75 Å². The van der Waals surface area contributed by atoms with Crippen LogP contribution in [0.1, 0.15) is 18.4 Å². The van der Waals surface area contributed by atoms with Gasteiger partial charge < -0.3 is 9.64 Å². The van der Waals surface area contributed by atoms with Crippen molar-refractivity contribution < 1.29 is 9.53 Å². The summed E-state index contributed by atoms with van der Waals surface area (Å²) in [6, 6.07) is 19.5. The van der Waals surface area contributed by atoms with Crippen LogP contribution < -0.4 is 4.74 Å². The third-order valence-electron chi connectivity index (χ3n) is 3.31. The molecule has 110 valence electrons. The fraction of sp³-hybridized carbons (Fsp3) is 0.278. The number of hydrogen-bond donors (Lipinski definition) is 0. The number of carbonyl (C=O) groups is 1. The van der Waals surface area contributed by atoms with Gasteiger partial charge in [-0.1, -0.05) is 48.5 Å². The molecule has 21 heavy (non-hydrogen) atoms. The van der Waals surface area contributed by atoms with Crippen LogP contribution in [-0.2, 0) is 6.42 Å². The highest BCUT2D eigenvalue weighted by atomic mass is 16.6. The van der Waals surface area contributed by atoms with E-state index in [0.29, 0.717) is 12.3 Å². The number of nitrogens with zero attached hydrogens (tertiary/aromatic N) is 1. The highest BCUT2D eigenvalue weighted by Crippen LogP contribution is 2.10. The van der Waals surface area contributed by atoms with Crippen LogP contribution >= 0.6 is 0 Å². The Bertz CT molecular complexity index is 540. The Hall–Kier alpha value is -2.29. The average molecular weight is 283 g/mol. The predicted molar refractivity (Wildman–Crippen MR) is 84.5 cm³/mol. The first-order valence-corrected chi connectivity index (χ1v) is 7.27. The molecule has 1 amide bonds. The number of carbonyl (C=O) groups excluding carboxylic acids is 1. The second kappa shape index (κ2) is 8.10. The lowest BCUT2D eigenvalue weighted by Gasteiger charge is -2.16. The molecular formula is C18H21NO2. The number of hydrogen-bond acceptors (Lipinski definition) is 2. The van der Waals surface area contributed by atoms with E-state index in [2.05, 4.69) is 24.3 Å². The van der Waals surface area contributed by atoms with Gasteiger partial charge in [-0.2, -0.15) is 0 Å². The highest BCUT2D eigenvalue weighted by Gasteiger charge is 2.10. The van der Waals surface area contributed by atoms with Gasteiger partial charge in [-0.25, -0.2) is 4.79 Å². The van der Waals surface area contributed by atoms with Gasteiger partial charge in [-0.3, -0.25) is 0 Å². The maximum Gasteiger partial charge on any atom is 0.414 e. The summed E-state index contributed by atoms with van der Waals surface area (Å²) in [4.78, 5) is 13.5. The molecular weight excluding hydrogens is 262 g/mol. The highest BCUT2D eigenvalue weighted by molar-refractivity contribution is 5.70. The SMILES string of the molecule is CN(CCCCc1ccccc1)C(=O)Oc1ccccc1. The van der Waals surface area contributed by atoms with Crippen LogP contribution in [0.25, 0.3) is 0 Å². The maximum atomic E-state index is 11.9. The van der Waals surface area contributed by atoms with E-state index < -0.39 is 0 Å². The Kier molecular flexibility index (Phi) is 5.83. The van der Waals surface area contributed by atoms with Crippen LogP contribution in [0.2, 0.25) is 0 Å². The average Bonchev–Trinajstić information content (AvgIpc) is 2.53. The molecule has 0 fully saturated rings. The monoisotopic (exact) mass is 283 g/mol. The van der Waals surface area contributed by atoms with Crippen molar-refractivity contribution in [2.24, 2.45) is 0 Å². The molecule has 0 aliphatic carbocycles. The van der Waals surface area contributed by atoms with Crippen LogP contribution in [0.4, 0.5) is 4.79 Å². The van der Waals surface area contributed by atoms with E-state index in [4.69, 9.17) is 4.74 Å². The first-order chi connectivity index (χ1) is 10.3. The van der Waals surface area contributed by atoms with Crippen LogP contribution in [-0.4, -0.2) is 24.6 Å². The van der Waals surface area contributed by atoms with Crippen molar-refractivity contribution in [3.63, 3.8) is 0 Å². The van der Waals surface area contributed by atoms with Crippen molar-refractivity contribution in [3.8, 4) is 5.75 Å². The second-order valence-electron chi connectivity index (χ2n) is 5.05. The zero-order valence-electron chi connectivity index (χ0n) is 12.4. The Labute approximate surface area is 126 Å². The van der Waals surface area contributed by atoms with E-state index in [-0.39, 0.29) is 6.09 Å². The van der Waals surface area contributed by atoms with Gasteiger partial charge >= 0.3 is 6.09 Å². The van der Waals surface area contributed by atoms with Gasteiger partial charge in [0.25, 0.3) is 0 Å². The van der Waals surface area contributed by atoms with Crippen molar-refractivity contribution in [2.45, 2.75) is 19.3 Å². The molecule has 0 aromatic heterocycles. The molecule has 3 heteroatoms. The summed E-state index contributed by atoms with van der Waals surface area (Å²) >= 11 is 0. The molecule has 0 aliphatic heterocycles. The lowest BCUT2D eigenvalue weighted by Crippen LogP contribution is -2.30. The molecule has 0 saturated heterocycles. The lowest BCUT2D eigenvalue weighted by molar-refractivity contribution is 0.162. The van der Waals surface area contributed by atoms with E-state index in [1.165, 1.54) is 5.56 Å². The summed E-state index contributed by atoms with van der Waals surface area (Å²) in [5.74, 6) is 0.582. The molecule has 0 spiro atoms. The normalized spacial score (nSPS) is 10.1. The quantitative estimate of drug-likeness (QED) is 0.746. The molecule has 3 nitrogen and oxygen atoms in total. The number of unbranched alkanes of at least 4 members (excludes halogenated alkanes) is 1. The molecule has 0 heterocycles. The zero-order valence-corrected chi connectivity index (χ0v) is 12.4. The first kappa shape index (κ1) is 15.1. The Morgan fingerprint density at radius 1 is 0.952 bits per heavy atom. The summed E-state index contributed by atoms with van der Waals surface area (Å²) < 4.78 is 5.28. The van der Waals surface area contributed by atoms with Crippen molar-refractivity contribution in [1.29, 1.82) is 0 Å². The van der Waals surface area contributed by atoms with Crippen LogP contribution in [0, 0.1) is 0 Å². The van der Waals surface area contributed by atoms with Gasteiger partial charge in [0, 0.05) is 13.6 Å². The van der Waals surface area contributed by atoms with Gasteiger partial charge in [0.05, 0.1) is 0 Å². The first-order valence-electron chi connectivity index (χ1n) is 7.27. The summed E-state index contributed by atoms with van der Waals surface area (Å²) in [5, 5.41) is 0. The van der Waals surface area contributed by atoms with Crippen molar-refractivity contribution in [1.82, 2.24) is 4.90 Å². The van der Waals surface area contributed by atoms with Gasteiger partial charge in [0.15, 0.2) is 0 Å². The largest absolute Gasteiger partial charge is 0.414 e. The smallest absolute Gasteiger partial charge is 0.410 e. The van der Waals surface area contributed by atoms with Crippen LogP contribution in [0.15, 0.2) is 60.7 Å². The molecule has 0 bridgehead atoms. The van der Waals surface area contributed by atoms with Gasteiger partial charge in [0.2, 0.25) is 0 Å². The van der Waals surface area contributed by atoms with Crippen molar-refractivity contribution >= 4 is 6.09 Å². The van der Waals surface area contributed by atoms with Gasteiger partial charge in [-0.15, -0.1) is 0 Å². The van der Waals surface area contributed by atoms with Gasteiger partial charge in [0.1, 0.15) is 5.75 Å². The topological polar surface area (TPSA) is 29.5 Å². The number of ether oxygens (including phenoxy) is 1. The second-order valence-corrected chi connectivity index (χ2v) is 5.05. The van der Waals surface area contributed by atoms with Crippen molar-refractivity contribution in [3.05, 3.63) is 66.2 Å². The van der Waals surface area contributed by atoms with E-state index >= 15 is 0 Å². The number of aryl methyl sites for hydroxylation is 1. The third-order valence-corrected chi connectivity index (χ3v) is 3.31. The summed E-state index contributed by atoms with van der Waals surface area (Å²) in [6.45, 7) is 0.707. The summed E-state index contributed by atoms with van der Waals surface area (Å²) in [7, 11) is 1.77. The fourth-order valence-electron chi connectivity index (χ4n) is 2.08. The molecule has 2 aromatic carbocycles. The minimum Gasteiger partial charge on any atom is -0.410 e. The lowest BCUT2D eigenvalue weighted by atomic mass is 10.1. The fourth-order valence-corrected chi connectivity index (χ4v) is 2.08. The molecule has 0 aliphatic rings. The third kappa shape index (κ3) is 5.30.